The molecule has 164 valence electrons. The van der Waals surface area contributed by atoms with E-state index in [9.17, 15) is 4.79 Å². The summed E-state index contributed by atoms with van der Waals surface area (Å²) in [5.41, 5.74) is 3.54. The third kappa shape index (κ3) is 4.31. The molecule has 0 radical (unpaired) electrons. The molecule has 1 saturated carbocycles. The molecule has 0 unspecified atom stereocenters. The van der Waals surface area contributed by atoms with Crippen LogP contribution >= 0.6 is 0 Å². The summed E-state index contributed by atoms with van der Waals surface area (Å²) in [7, 11) is 0. The second kappa shape index (κ2) is 8.77. The maximum absolute atomic E-state index is 12.9. The number of rotatable bonds is 6. The van der Waals surface area contributed by atoms with Crippen LogP contribution in [0.3, 0.4) is 0 Å². The number of aryl methyl sites for hydroxylation is 1. The van der Waals surface area contributed by atoms with Gasteiger partial charge in [-0.2, -0.15) is 0 Å². The molecule has 3 nitrogen and oxygen atoms in total. The number of fused-ring (bicyclic) bond motifs is 3. The van der Waals surface area contributed by atoms with Gasteiger partial charge in [-0.15, -0.1) is 0 Å². The van der Waals surface area contributed by atoms with Gasteiger partial charge in [-0.25, -0.2) is 0 Å². The Hall–Kier alpha value is -1.77. The van der Waals surface area contributed by atoms with E-state index in [0.29, 0.717) is 5.92 Å². The summed E-state index contributed by atoms with van der Waals surface area (Å²) >= 11 is 0. The SMILES string of the molecule is CCCCCc1cc(OC(=O)C2CCCC2)c2c(c1)OC(C)(C)[C@@H]1CCC(C)=C[C@@H]21. The van der Waals surface area contributed by atoms with Crippen molar-refractivity contribution in [3.8, 4) is 11.5 Å². The Bertz CT molecular complexity index is 814. The van der Waals surface area contributed by atoms with Gasteiger partial charge in [-0.05, 0) is 77.0 Å². The van der Waals surface area contributed by atoms with Gasteiger partial charge in [0.15, 0.2) is 0 Å². The Morgan fingerprint density at radius 3 is 2.67 bits per heavy atom. The number of unbranched alkanes of at least 4 members (excludes halogenated alkanes) is 2. The van der Waals surface area contributed by atoms with Crippen LogP contribution in [0.2, 0.25) is 0 Å². The molecule has 30 heavy (non-hydrogen) atoms. The van der Waals surface area contributed by atoms with E-state index in [4.69, 9.17) is 9.47 Å². The molecule has 0 spiro atoms. The van der Waals surface area contributed by atoms with Crippen molar-refractivity contribution in [2.75, 3.05) is 0 Å². The highest BCUT2D eigenvalue weighted by molar-refractivity contribution is 5.76. The Morgan fingerprint density at radius 2 is 1.93 bits per heavy atom. The lowest BCUT2D eigenvalue weighted by Gasteiger charge is -2.46. The van der Waals surface area contributed by atoms with E-state index >= 15 is 0 Å². The van der Waals surface area contributed by atoms with Crippen molar-refractivity contribution in [2.45, 2.75) is 103 Å². The monoisotopic (exact) mass is 410 g/mol. The number of carbonyl (C=O) groups excluding carboxylic acids is 1. The van der Waals surface area contributed by atoms with Crippen molar-refractivity contribution in [1.29, 1.82) is 0 Å². The Balaban J connectivity index is 1.74. The zero-order valence-corrected chi connectivity index (χ0v) is 19.3. The van der Waals surface area contributed by atoms with E-state index in [0.717, 1.165) is 68.4 Å². The van der Waals surface area contributed by atoms with Gasteiger partial charge >= 0.3 is 5.97 Å². The zero-order valence-electron chi connectivity index (χ0n) is 19.3. The van der Waals surface area contributed by atoms with Gasteiger partial charge in [0.1, 0.15) is 17.1 Å². The van der Waals surface area contributed by atoms with E-state index < -0.39 is 0 Å². The number of esters is 1. The predicted molar refractivity (Wildman–Crippen MR) is 121 cm³/mol. The first-order valence-electron chi connectivity index (χ1n) is 12.1. The number of ether oxygens (including phenoxy) is 2. The number of carbonyl (C=O) groups is 1. The molecule has 0 amide bonds. The summed E-state index contributed by atoms with van der Waals surface area (Å²) < 4.78 is 12.7. The van der Waals surface area contributed by atoms with Crippen molar-refractivity contribution in [1.82, 2.24) is 0 Å². The molecular weight excluding hydrogens is 372 g/mol. The minimum Gasteiger partial charge on any atom is -0.487 e. The molecule has 0 bridgehead atoms. The van der Waals surface area contributed by atoms with Crippen LogP contribution in [0.15, 0.2) is 23.8 Å². The largest absolute Gasteiger partial charge is 0.487 e. The van der Waals surface area contributed by atoms with Crippen LogP contribution in [0, 0.1) is 11.8 Å². The fourth-order valence-electron chi connectivity index (χ4n) is 5.72. The molecule has 0 saturated heterocycles. The molecule has 1 aromatic rings. The van der Waals surface area contributed by atoms with Crippen LogP contribution in [-0.2, 0) is 11.2 Å². The van der Waals surface area contributed by atoms with Gasteiger partial charge in [0.25, 0.3) is 0 Å². The summed E-state index contributed by atoms with van der Waals surface area (Å²) in [4.78, 5) is 12.9. The zero-order chi connectivity index (χ0) is 21.3. The first kappa shape index (κ1) is 21.5. The summed E-state index contributed by atoms with van der Waals surface area (Å²) in [5.74, 6) is 2.36. The molecule has 1 fully saturated rings. The van der Waals surface area contributed by atoms with Gasteiger partial charge in [0, 0.05) is 17.4 Å². The second-order valence-electron chi connectivity index (χ2n) is 10.3. The third-order valence-corrected chi connectivity index (χ3v) is 7.48. The maximum atomic E-state index is 12.9. The average molecular weight is 411 g/mol. The lowest BCUT2D eigenvalue weighted by molar-refractivity contribution is -0.138. The van der Waals surface area contributed by atoms with Crippen molar-refractivity contribution in [3.63, 3.8) is 0 Å². The number of hydrogen-bond donors (Lipinski definition) is 0. The molecule has 2 aliphatic carbocycles. The minimum absolute atomic E-state index is 0.0432. The summed E-state index contributed by atoms with van der Waals surface area (Å²) in [6.45, 7) is 8.89. The van der Waals surface area contributed by atoms with Crippen molar-refractivity contribution >= 4 is 5.97 Å². The van der Waals surface area contributed by atoms with Gasteiger partial charge in [-0.3, -0.25) is 4.79 Å². The van der Waals surface area contributed by atoms with Crippen LogP contribution in [0.5, 0.6) is 11.5 Å². The van der Waals surface area contributed by atoms with Crippen LogP contribution < -0.4 is 9.47 Å². The van der Waals surface area contributed by atoms with Gasteiger partial charge in [0.05, 0.1) is 5.92 Å². The van der Waals surface area contributed by atoms with Crippen molar-refractivity contribution in [3.05, 3.63) is 34.9 Å². The number of hydrogen-bond acceptors (Lipinski definition) is 3. The minimum atomic E-state index is -0.219. The highest BCUT2D eigenvalue weighted by Crippen LogP contribution is 2.54. The molecule has 2 atom stereocenters. The van der Waals surface area contributed by atoms with E-state index in [1.54, 1.807) is 0 Å². The van der Waals surface area contributed by atoms with E-state index in [1.807, 2.05) is 0 Å². The lowest BCUT2D eigenvalue weighted by atomic mass is 9.68. The van der Waals surface area contributed by atoms with Crippen LogP contribution in [-0.4, -0.2) is 11.6 Å². The smallest absolute Gasteiger partial charge is 0.314 e. The van der Waals surface area contributed by atoms with Gasteiger partial charge in [0.2, 0.25) is 0 Å². The fraction of sp³-hybridized carbons (Fsp3) is 0.667. The third-order valence-electron chi connectivity index (χ3n) is 7.48. The van der Waals surface area contributed by atoms with Gasteiger partial charge < -0.3 is 9.47 Å². The maximum Gasteiger partial charge on any atom is 0.314 e. The number of allylic oxidation sites excluding steroid dienone is 2. The second-order valence-corrected chi connectivity index (χ2v) is 10.3. The molecule has 3 heteroatoms. The molecule has 1 aromatic carbocycles. The first-order chi connectivity index (χ1) is 14.4. The molecule has 3 aliphatic rings. The first-order valence-corrected chi connectivity index (χ1v) is 12.1. The predicted octanol–water partition coefficient (Wildman–Crippen LogP) is 7.13. The topological polar surface area (TPSA) is 35.5 Å². The van der Waals surface area contributed by atoms with Crippen molar-refractivity contribution in [2.24, 2.45) is 11.8 Å². The summed E-state index contributed by atoms with van der Waals surface area (Å²) in [6.07, 6.45) is 13.4. The van der Waals surface area contributed by atoms with Crippen LogP contribution in [0.25, 0.3) is 0 Å². The molecule has 1 aliphatic heterocycles. The lowest BCUT2D eigenvalue weighted by Crippen LogP contribution is -2.45. The number of benzene rings is 1. The molecule has 4 rings (SSSR count). The van der Waals surface area contributed by atoms with Crippen LogP contribution in [0.4, 0.5) is 0 Å². The Kier molecular flexibility index (Phi) is 6.27. The van der Waals surface area contributed by atoms with Gasteiger partial charge in [-0.1, -0.05) is 44.3 Å². The molecule has 0 aromatic heterocycles. The van der Waals surface area contributed by atoms with Crippen molar-refractivity contribution < 1.29 is 14.3 Å². The highest BCUT2D eigenvalue weighted by atomic mass is 16.5. The fourth-order valence-corrected chi connectivity index (χ4v) is 5.72. The quantitative estimate of drug-likeness (QED) is 0.217. The molecule has 1 heterocycles. The average Bonchev–Trinajstić information content (AvgIpc) is 3.22. The Morgan fingerprint density at radius 1 is 1.17 bits per heavy atom. The normalized spacial score (nSPS) is 25.1. The van der Waals surface area contributed by atoms with E-state index in [1.165, 1.54) is 24.0 Å². The Labute approximate surface area is 182 Å². The summed E-state index contributed by atoms with van der Waals surface area (Å²) in [5, 5.41) is 0. The summed E-state index contributed by atoms with van der Waals surface area (Å²) in [6, 6.07) is 4.35. The van der Waals surface area contributed by atoms with Crippen LogP contribution in [0.1, 0.15) is 103 Å². The van der Waals surface area contributed by atoms with E-state index in [-0.39, 0.29) is 23.4 Å². The molecular formula is C27H38O3. The molecule has 0 N–H and O–H groups in total. The standard InChI is InChI=1S/C27H38O3/c1-5-6-7-10-19-16-23(29-26(28)20-11-8-9-12-20)25-21-15-18(2)13-14-22(21)27(3,4)30-24(25)17-19/h15-17,20-22H,5-14H2,1-4H3/t21-,22-/m1/s1. The van der Waals surface area contributed by atoms with E-state index in [2.05, 4.69) is 45.9 Å². The highest BCUT2D eigenvalue weighted by Gasteiger charge is 2.45.